The van der Waals surface area contributed by atoms with Crippen LogP contribution in [0.15, 0.2) is 18.3 Å². The van der Waals surface area contributed by atoms with Crippen LogP contribution in [0.4, 0.5) is 23.7 Å². The molecule has 0 radical (unpaired) electrons. The van der Waals surface area contributed by atoms with Gasteiger partial charge in [-0.2, -0.15) is 13.2 Å². The number of halogens is 3. The molecule has 20 heavy (non-hydrogen) atoms. The zero-order chi connectivity index (χ0) is 15.4. The third-order valence-electron chi connectivity index (χ3n) is 1.77. The number of ether oxygens (including phenoxy) is 2. The van der Waals surface area contributed by atoms with Gasteiger partial charge in [0.15, 0.2) is 6.61 Å². The number of carbonyl (C=O) groups is 1. The molecular formula is C12H15F3N2O3. The van der Waals surface area contributed by atoms with Gasteiger partial charge in [-0.25, -0.2) is 9.78 Å². The molecule has 0 spiro atoms. The molecule has 5 nitrogen and oxygen atoms in total. The Balaban J connectivity index is 2.52. The number of pyridine rings is 1. The molecule has 1 rings (SSSR count). The Morgan fingerprint density at radius 2 is 1.95 bits per heavy atom. The summed E-state index contributed by atoms with van der Waals surface area (Å²) in [5.74, 6) is -0.183. The Morgan fingerprint density at radius 3 is 2.40 bits per heavy atom. The lowest BCUT2D eigenvalue weighted by atomic mass is 10.2. The van der Waals surface area contributed by atoms with E-state index in [1.54, 1.807) is 20.8 Å². The first-order valence-corrected chi connectivity index (χ1v) is 5.71. The highest BCUT2D eigenvalue weighted by Gasteiger charge is 2.28. The average molecular weight is 292 g/mol. The lowest BCUT2D eigenvalue weighted by molar-refractivity contribution is -0.154. The van der Waals surface area contributed by atoms with Gasteiger partial charge in [0.2, 0.25) is 5.88 Å². The second kappa shape index (κ2) is 5.98. The maximum absolute atomic E-state index is 11.9. The predicted molar refractivity (Wildman–Crippen MR) is 65.6 cm³/mol. The molecule has 1 N–H and O–H groups in total. The van der Waals surface area contributed by atoms with Gasteiger partial charge in [-0.15, -0.1) is 0 Å². The second-order valence-electron chi connectivity index (χ2n) is 4.92. The lowest BCUT2D eigenvalue weighted by Gasteiger charge is -2.19. The van der Waals surface area contributed by atoms with Crippen LogP contribution >= 0.6 is 0 Å². The molecule has 1 heterocycles. The van der Waals surface area contributed by atoms with E-state index in [4.69, 9.17) is 4.74 Å². The summed E-state index contributed by atoms with van der Waals surface area (Å²) in [6.07, 6.45) is -3.92. The van der Waals surface area contributed by atoms with Crippen LogP contribution < -0.4 is 10.1 Å². The minimum absolute atomic E-state index is 0.183. The largest absolute Gasteiger partial charge is 0.468 e. The molecule has 1 amide bonds. The minimum Gasteiger partial charge on any atom is -0.468 e. The Bertz CT molecular complexity index is 453. The summed E-state index contributed by atoms with van der Waals surface area (Å²) >= 11 is 0. The second-order valence-corrected chi connectivity index (χ2v) is 4.92. The van der Waals surface area contributed by atoms with E-state index in [1.807, 2.05) is 0 Å². The van der Waals surface area contributed by atoms with Gasteiger partial charge < -0.3 is 9.47 Å². The summed E-state index contributed by atoms with van der Waals surface area (Å²) in [5, 5.41) is 2.40. The van der Waals surface area contributed by atoms with Crippen molar-refractivity contribution in [3.8, 4) is 5.88 Å². The van der Waals surface area contributed by atoms with Crippen molar-refractivity contribution in [3.63, 3.8) is 0 Å². The Hall–Kier alpha value is -1.99. The number of nitrogens with zero attached hydrogens (tertiary/aromatic N) is 1. The molecule has 0 aliphatic carbocycles. The number of rotatable bonds is 3. The highest BCUT2D eigenvalue weighted by molar-refractivity contribution is 5.84. The monoisotopic (exact) mass is 292 g/mol. The molecule has 0 bridgehead atoms. The van der Waals surface area contributed by atoms with Crippen LogP contribution in [0.5, 0.6) is 5.88 Å². The molecule has 0 saturated heterocycles. The Morgan fingerprint density at radius 1 is 1.30 bits per heavy atom. The van der Waals surface area contributed by atoms with Gasteiger partial charge in [-0.05, 0) is 26.8 Å². The molecule has 0 unspecified atom stereocenters. The van der Waals surface area contributed by atoms with Crippen molar-refractivity contribution < 1.29 is 27.4 Å². The first-order chi connectivity index (χ1) is 9.05. The predicted octanol–water partition coefficient (Wildman–Crippen LogP) is 3.37. The molecule has 0 aromatic carbocycles. The number of hydrogen-bond acceptors (Lipinski definition) is 4. The van der Waals surface area contributed by atoms with Crippen molar-refractivity contribution in [2.75, 3.05) is 11.9 Å². The zero-order valence-corrected chi connectivity index (χ0v) is 11.2. The number of carbonyl (C=O) groups excluding carboxylic acids is 1. The van der Waals surface area contributed by atoms with Crippen LogP contribution in [-0.2, 0) is 4.74 Å². The van der Waals surface area contributed by atoms with Gasteiger partial charge in [-0.1, -0.05) is 0 Å². The Labute approximate surface area is 114 Å². The summed E-state index contributed by atoms with van der Waals surface area (Å²) in [4.78, 5) is 15.1. The van der Waals surface area contributed by atoms with E-state index in [9.17, 15) is 18.0 Å². The van der Waals surface area contributed by atoms with Crippen LogP contribution in [0.1, 0.15) is 20.8 Å². The third-order valence-corrected chi connectivity index (χ3v) is 1.77. The maximum Gasteiger partial charge on any atom is 0.422 e. The van der Waals surface area contributed by atoms with Gasteiger partial charge in [0.1, 0.15) is 5.60 Å². The van der Waals surface area contributed by atoms with E-state index >= 15 is 0 Å². The standard InChI is InChI=1S/C12H15F3N2O3/c1-11(2,3)20-10(18)17-8-4-5-9(16-6-8)19-7-12(13,14)15/h4-6H,7H2,1-3H3,(H,17,18). The number of hydrogen-bond donors (Lipinski definition) is 1. The summed E-state index contributed by atoms with van der Waals surface area (Å²) in [7, 11) is 0. The number of aromatic nitrogens is 1. The lowest BCUT2D eigenvalue weighted by Crippen LogP contribution is -2.27. The fourth-order valence-electron chi connectivity index (χ4n) is 1.12. The van der Waals surface area contributed by atoms with Crippen molar-refractivity contribution in [2.45, 2.75) is 32.5 Å². The van der Waals surface area contributed by atoms with Crippen molar-refractivity contribution in [3.05, 3.63) is 18.3 Å². The highest BCUT2D eigenvalue weighted by atomic mass is 19.4. The Kier molecular flexibility index (Phi) is 4.80. The molecule has 0 aliphatic heterocycles. The van der Waals surface area contributed by atoms with Gasteiger partial charge in [0, 0.05) is 6.07 Å². The van der Waals surface area contributed by atoms with E-state index in [1.165, 1.54) is 18.3 Å². The normalized spacial score (nSPS) is 11.9. The smallest absolute Gasteiger partial charge is 0.422 e. The number of anilines is 1. The van der Waals surface area contributed by atoms with Crippen molar-refractivity contribution in [1.29, 1.82) is 0 Å². The molecule has 0 atom stereocenters. The third kappa shape index (κ3) is 6.81. The number of alkyl halides is 3. The van der Waals surface area contributed by atoms with Crippen molar-refractivity contribution in [1.82, 2.24) is 4.98 Å². The SMILES string of the molecule is CC(C)(C)OC(=O)Nc1ccc(OCC(F)(F)F)nc1. The number of amides is 1. The number of nitrogens with one attached hydrogen (secondary N) is 1. The molecule has 0 aliphatic rings. The van der Waals surface area contributed by atoms with E-state index in [0.29, 0.717) is 5.69 Å². The van der Waals surface area contributed by atoms with Gasteiger partial charge in [-0.3, -0.25) is 5.32 Å². The average Bonchev–Trinajstić information content (AvgIpc) is 2.24. The van der Waals surface area contributed by atoms with Gasteiger partial charge in [0.05, 0.1) is 11.9 Å². The molecule has 8 heteroatoms. The zero-order valence-electron chi connectivity index (χ0n) is 11.2. The fraction of sp³-hybridized carbons (Fsp3) is 0.500. The van der Waals surface area contributed by atoms with Crippen molar-refractivity contribution >= 4 is 11.8 Å². The molecule has 112 valence electrons. The van der Waals surface area contributed by atoms with E-state index in [2.05, 4.69) is 15.0 Å². The molecule has 0 fully saturated rings. The summed E-state index contributed by atoms with van der Waals surface area (Å²) in [6, 6.07) is 2.58. The quantitative estimate of drug-likeness (QED) is 0.928. The van der Waals surface area contributed by atoms with E-state index < -0.39 is 24.5 Å². The summed E-state index contributed by atoms with van der Waals surface area (Å²) in [5.41, 5.74) is -0.355. The van der Waals surface area contributed by atoms with Gasteiger partial charge >= 0.3 is 12.3 Å². The summed E-state index contributed by atoms with van der Waals surface area (Å²) in [6.45, 7) is 3.70. The molecule has 1 aromatic rings. The fourth-order valence-corrected chi connectivity index (χ4v) is 1.12. The highest BCUT2D eigenvalue weighted by Crippen LogP contribution is 2.18. The van der Waals surface area contributed by atoms with Crippen LogP contribution in [0.3, 0.4) is 0 Å². The van der Waals surface area contributed by atoms with Crippen molar-refractivity contribution in [2.24, 2.45) is 0 Å². The maximum atomic E-state index is 11.9. The van der Waals surface area contributed by atoms with E-state index in [0.717, 1.165) is 0 Å². The van der Waals surface area contributed by atoms with Crippen LogP contribution in [-0.4, -0.2) is 29.5 Å². The van der Waals surface area contributed by atoms with Crippen LogP contribution in [0.25, 0.3) is 0 Å². The first-order valence-electron chi connectivity index (χ1n) is 5.71. The molecular weight excluding hydrogens is 277 g/mol. The molecule has 0 saturated carbocycles. The van der Waals surface area contributed by atoms with Crippen LogP contribution in [0.2, 0.25) is 0 Å². The topological polar surface area (TPSA) is 60.5 Å². The first kappa shape index (κ1) is 16.1. The molecule has 1 aromatic heterocycles. The van der Waals surface area contributed by atoms with Gasteiger partial charge in [0.25, 0.3) is 0 Å². The summed E-state index contributed by atoms with van der Waals surface area (Å²) < 4.78 is 45.2. The minimum atomic E-state index is -4.42. The van der Waals surface area contributed by atoms with Crippen LogP contribution in [0, 0.1) is 0 Å². The van der Waals surface area contributed by atoms with E-state index in [-0.39, 0.29) is 5.88 Å².